The molecule has 1 fully saturated rings. The smallest absolute Gasteiger partial charge is 0.166 e. The number of piperazine rings is 1. The van der Waals surface area contributed by atoms with E-state index in [1.54, 1.807) is 0 Å². The molecule has 2 rings (SSSR count). The van der Waals surface area contributed by atoms with Crippen LogP contribution in [0.4, 0.5) is 5.69 Å². The molecule has 0 radical (unpaired) electrons. The lowest BCUT2D eigenvalue weighted by atomic mass is 10.2. The number of rotatable bonds is 1. The van der Waals surface area contributed by atoms with Crippen LogP contribution in [0.5, 0.6) is 0 Å². The van der Waals surface area contributed by atoms with Crippen LogP contribution < -0.4 is 10.6 Å². The highest BCUT2D eigenvalue weighted by molar-refractivity contribution is 7.80. The summed E-state index contributed by atoms with van der Waals surface area (Å²) in [6.07, 6.45) is 0. The molecule has 1 aliphatic heterocycles. The summed E-state index contributed by atoms with van der Waals surface area (Å²) in [6.45, 7) is 3.61. The third-order valence-corrected chi connectivity index (χ3v) is 3.26. The number of nitrogens with two attached hydrogens (primary N) is 1. The summed E-state index contributed by atoms with van der Waals surface area (Å²) in [5, 5.41) is 1.26. The van der Waals surface area contributed by atoms with Crippen LogP contribution in [-0.4, -0.2) is 36.2 Å². The maximum absolute atomic E-state index is 5.97. The number of anilines is 1. The molecule has 0 bridgehead atoms. The minimum absolute atomic E-state index is 0.491. The topological polar surface area (TPSA) is 32.5 Å². The van der Waals surface area contributed by atoms with Crippen molar-refractivity contribution in [1.82, 2.24) is 4.90 Å². The molecule has 1 aliphatic rings. The molecule has 0 aliphatic carbocycles. The summed E-state index contributed by atoms with van der Waals surface area (Å²) in [5.41, 5.74) is 6.76. The lowest BCUT2D eigenvalue weighted by Gasteiger charge is -2.36. The van der Waals surface area contributed by atoms with Crippen molar-refractivity contribution in [2.75, 3.05) is 31.1 Å². The first-order valence-corrected chi connectivity index (χ1v) is 6.00. The zero-order valence-electron chi connectivity index (χ0n) is 8.90. The largest absolute Gasteiger partial charge is 0.376 e. The second-order valence-electron chi connectivity index (χ2n) is 3.79. The van der Waals surface area contributed by atoms with E-state index in [1.165, 1.54) is 0 Å². The highest BCUT2D eigenvalue weighted by atomic mass is 35.5. The number of nitrogens with zero attached hydrogens (tertiary/aromatic N) is 2. The molecule has 0 atom stereocenters. The van der Waals surface area contributed by atoms with Crippen LogP contribution >= 0.6 is 23.8 Å². The van der Waals surface area contributed by atoms with Crippen molar-refractivity contribution in [2.24, 2.45) is 5.73 Å². The highest BCUT2D eigenvalue weighted by Crippen LogP contribution is 2.20. The second kappa shape index (κ2) is 4.89. The quantitative estimate of drug-likeness (QED) is 0.775. The van der Waals surface area contributed by atoms with Crippen molar-refractivity contribution < 1.29 is 0 Å². The van der Waals surface area contributed by atoms with E-state index in [4.69, 9.17) is 29.6 Å². The zero-order chi connectivity index (χ0) is 11.5. The first kappa shape index (κ1) is 11.5. The normalized spacial score (nSPS) is 16.3. The average molecular weight is 256 g/mol. The van der Waals surface area contributed by atoms with Gasteiger partial charge in [-0.25, -0.2) is 0 Å². The molecule has 5 heteroatoms. The van der Waals surface area contributed by atoms with Crippen LogP contribution in [0.25, 0.3) is 0 Å². The highest BCUT2D eigenvalue weighted by Gasteiger charge is 2.17. The van der Waals surface area contributed by atoms with Crippen LogP contribution in [0.1, 0.15) is 0 Å². The molecule has 1 heterocycles. The van der Waals surface area contributed by atoms with E-state index in [0.29, 0.717) is 5.11 Å². The predicted octanol–water partition coefficient (Wildman–Crippen LogP) is 1.71. The number of thiocarbonyl (C=S) groups is 1. The molecular formula is C11H14ClN3S. The van der Waals surface area contributed by atoms with Crippen LogP contribution in [0.2, 0.25) is 5.02 Å². The number of hydrogen-bond acceptors (Lipinski definition) is 2. The molecule has 86 valence electrons. The van der Waals surface area contributed by atoms with E-state index in [2.05, 4.69) is 11.0 Å². The summed E-state index contributed by atoms with van der Waals surface area (Å²) in [5.74, 6) is 0. The monoisotopic (exact) mass is 255 g/mol. The maximum atomic E-state index is 5.97. The second-order valence-corrected chi connectivity index (χ2v) is 4.65. The zero-order valence-corrected chi connectivity index (χ0v) is 10.5. The summed E-state index contributed by atoms with van der Waals surface area (Å²) in [7, 11) is 0. The van der Waals surface area contributed by atoms with Gasteiger partial charge in [-0.3, -0.25) is 0 Å². The average Bonchev–Trinajstić information content (AvgIpc) is 2.29. The molecule has 0 aromatic heterocycles. The number of halogens is 1. The van der Waals surface area contributed by atoms with Gasteiger partial charge in [0.05, 0.1) is 0 Å². The van der Waals surface area contributed by atoms with Crippen molar-refractivity contribution in [2.45, 2.75) is 0 Å². The fourth-order valence-electron chi connectivity index (χ4n) is 1.86. The van der Waals surface area contributed by atoms with E-state index in [0.717, 1.165) is 36.9 Å². The van der Waals surface area contributed by atoms with Gasteiger partial charge in [0.1, 0.15) is 0 Å². The molecule has 3 nitrogen and oxygen atoms in total. The van der Waals surface area contributed by atoms with Crippen LogP contribution in [0, 0.1) is 0 Å². The molecule has 2 N–H and O–H groups in total. The van der Waals surface area contributed by atoms with Gasteiger partial charge in [0.2, 0.25) is 0 Å². The molecule has 0 unspecified atom stereocenters. The van der Waals surface area contributed by atoms with Gasteiger partial charge in [0.15, 0.2) is 5.11 Å². The number of benzene rings is 1. The van der Waals surface area contributed by atoms with Gasteiger partial charge in [-0.15, -0.1) is 0 Å². The Bertz CT molecular complexity index is 389. The van der Waals surface area contributed by atoms with Crippen molar-refractivity contribution in [3.05, 3.63) is 29.3 Å². The van der Waals surface area contributed by atoms with Crippen LogP contribution in [-0.2, 0) is 0 Å². The van der Waals surface area contributed by atoms with Gasteiger partial charge in [-0.2, -0.15) is 0 Å². The predicted molar refractivity (Wildman–Crippen MR) is 72.0 cm³/mol. The Hall–Kier alpha value is -1.00. The van der Waals surface area contributed by atoms with Crippen molar-refractivity contribution in [3.8, 4) is 0 Å². The molecular weight excluding hydrogens is 242 g/mol. The van der Waals surface area contributed by atoms with Crippen molar-refractivity contribution in [1.29, 1.82) is 0 Å². The van der Waals surface area contributed by atoms with E-state index < -0.39 is 0 Å². The van der Waals surface area contributed by atoms with Gasteiger partial charge >= 0.3 is 0 Å². The van der Waals surface area contributed by atoms with Crippen LogP contribution in [0.3, 0.4) is 0 Å². The Morgan fingerprint density at radius 2 is 1.94 bits per heavy atom. The van der Waals surface area contributed by atoms with E-state index >= 15 is 0 Å². The van der Waals surface area contributed by atoms with Gasteiger partial charge < -0.3 is 15.5 Å². The van der Waals surface area contributed by atoms with Gasteiger partial charge in [0.25, 0.3) is 0 Å². The first-order chi connectivity index (χ1) is 7.66. The fourth-order valence-corrected chi connectivity index (χ4v) is 2.22. The van der Waals surface area contributed by atoms with Crippen LogP contribution in [0.15, 0.2) is 24.3 Å². The molecule has 0 saturated carbocycles. The maximum Gasteiger partial charge on any atom is 0.166 e. The minimum atomic E-state index is 0.491. The summed E-state index contributed by atoms with van der Waals surface area (Å²) in [4.78, 5) is 4.32. The van der Waals surface area contributed by atoms with Gasteiger partial charge in [-0.1, -0.05) is 17.7 Å². The Morgan fingerprint density at radius 1 is 1.25 bits per heavy atom. The first-order valence-electron chi connectivity index (χ1n) is 5.22. The van der Waals surface area contributed by atoms with Crippen molar-refractivity contribution >= 4 is 34.6 Å². The number of hydrogen-bond donors (Lipinski definition) is 1. The Kier molecular flexibility index (Phi) is 3.51. The summed E-state index contributed by atoms with van der Waals surface area (Å²) >= 11 is 10.9. The fraction of sp³-hybridized carbons (Fsp3) is 0.364. The SMILES string of the molecule is NC(=S)N1CCN(c2cccc(Cl)c2)CC1. The standard InChI is InChI=1S/C11H14ClN3S/c12-9-2-1-3-10(8-9)14-4-6-15(7-5-14)11(13)16/h1-3,8H,4-7H2,(H2,13,16). The van der Waals surface area contributed by atoms with Crippen molar-refractivity contribution in [3.63, 3.8) is 0 Å². The Morgan fingerprint density at radius 3 is 2.50 bits per heavy atom. The van der Waals surface area contributed by atoms with E-state index in [1.807, 2.05) is 23.1 Å². The summed E-state index contributed by atoms with van der Waals surface area (Å²) in [6, 6.07) is 7.91. The third-order valence-electron chi connectivity index (χ3n) is 2.76. The summed E-state index contributed by atoms with van der Waals surface area (Å²) < 4.78 is 0. The molecule has 16 heavy (non-hydrogen) atoms. The van der Waals surface area contributed by atoms with Gasteiger partial charge in [0, 0.05) is 36.9 Å². The van der Waals surface area contributed by atoms with E-state index in [-0.39, 0.29) is 0 Å². The lowest BCUT2D eigenvalue weighted by Crippen LogP contribution is -2.50. The Labute approximate surface area is 106 Å². The molecule has 1 aromatic rings. The lowest BCUT2D eigenvalue weighted by molar-refractivity contribution is 0.388. The molecule has 1 aromatic carbocycles. The van der Waals surface area contributed by atoms with E-state index in [9.17, 15) is 0 Å². The minimum Gasteiger partial charge on any atom is -0.376 e. The Balaban J connectivity index is 2.01. The molecule has 0 spiro atoms. The molecule has 1 saturated heterocycles. The van der Waals surface area contributed by atoms with Gasteiger partial charge in [-0.05, 0) is 30.4 Å². The molecule has 0 amide bonds. The third kappa shape index (κ3) is 2.57.